The Hall–Kier alpha value is -0.170. The van der Waals surface area contributed by atoms with Gasteiger partial charge in [-0.25, -0.2) is 0 Å². The minimum absolute atomic E-state index is 0.428. The van der Waals surface area contributed by atoms with Crippen molar-refractivity contribution in [3.63, 3.8) is 0 Å². The van der Waals surface area contributed by atoms with E-state index >= 15 is 0 Å². The van der Waals surface area contributed by atoms with Gasteiger partial charge in [0.2, 0.25) is 0 Å². The second-order valence-electron chi connectivity index (χ2n) is 7.22. The van der Waals surface area contributed by atoms with E-state index in [0.29, 0.717) is 6.54 Å². The van der Waals surface area contributed by atoms with E-state index in [2.05, 4.69) is 20.8 Å². The number of quaternary nitrogens is 1. The summed E-state index contributed by atoms with van der Waals surface area (Å²) in [4.78, 5) is 0. The summed E-state index contributed by atoms with van der Waals surface area (Å²) >= 11 is 0. The van der Waals surface area contributed by atoms with Gasteiger partial charge in [0.15, 0.2) is 0 Å². The molecule has 0 aromatic carbocycles. The predicted molar refractivity (Wildman–Crippen MR) is 101 cm³/mol. The fourth-order valence-electron chi connectivity index (χ4n) is 3.44. The molecule has 0 saturated carbocycles. The van der Waals surface area contributed by atoms with Crippen LogP contribution < -0.4 is 0 Å². The van der Waals surface area contributed by atoms with Crippen LogP contribution in [-0.2, 0) is 10.1 Å². The molecular weight excluding hydrogens is 326 g/mol. The smallest absolute Gasteiger partial charge is 0.267 e. The maximum Gasteiger partial charge on any atom is 0.267 e. The molecule has 24 heavy (non-hydrogen) atoms. The molecule has 0 aliphatic carbocycles. The Morgan fingerprint density at radius 3 is 1.46 bits per heavy atom. The molecule has 0 saturated heterocycles. The van der Waals surface area contributed by atoms with Gasteiger partial charge in [0.1, 0.15) is 18.4 Å². The van der Waals surface area contributed by atoms with Crippen LogP contribution >= 0.6 is 0 Å². The lowest BCUT2D eigenvalue weighted by Gasteiger charge is -2.40. The van der Waals surface area contributed by atoms with Crippen molar-refractivity contribution in [2.24, 2.45) is 0 Å². The summed E-state index contributed by atoms with van der Waals surface area (Å²) in [6, 6.07) is 0. The van der Waals surface area contributed by atoms with Gasteiger partial charge in [-0.05, 0) is 38.5 Å². The van der Waals surface area contributed by atoms with E-state index in [9.17, 15) is 13.5 Å². The van der Waals surface area contributed by atoms with E-state index in [1.807, 2.05) is 0 Å². The number of rotatable bonds is 16. The highest BCUT2D eigenvalue weighted by atomic mass is 32.2. The molecule has 0 aliphatic heterocycles. The standard InChI is InChI=1S/C18H39NO4S/c1-4-7-10-13-19(14-11-8-5-2,15-12-9-6-3)16-18(20)17-24(21,22)23/h18,20H,4-17H2,1-3H3/p+1. The molecule has 0 aromatic heterocycles. The fraction of sp³-hybridized carbons (Fsp3) is 1.00. The quantitative estimate of drug-likeness (QED) is 0.248. The van der Waals surface area contributed by atoms with Gasteiger partial charge < -0.3 is 9.59 Å². The van der Waals surface area contributed by atoms with Gasteiger partial charge in [0.05, 0.1) is 19.6 Å². The van der Waals surface area contributed by atoms with Crippen LogP contribution in [0.1, 0.15) is 78.6 Å². The van der Waals surface area contributed by atoms with Crippen molar-refractivity contribution in [3.05, 3.63) is 0 Å². The molecule has 146 valence electrons. The van der Waals surface area contributed by atoms with Crippen molar-refractivity contribution < 1.29 is 22.6 Å². The number of aliphatic hydroxyl groups is 1. The van der Waals surface area contributed by atoms with Gasteiger partial charge in [-0.2, -0.15) is 8.42 Å². The van der Waals surface area contributed by atoms with Crippen LogP contribution in [0.25, 0.3) is 0 Å². The van der Waals surface area contributed by atoms with Crippen LogP contribution in [0, 0.1) is 0 Å². The van der Waals surface area contributed by atoms with Gasteiger partial charge in [0.25, 0.3) is 10.1 Å². The maximum atomic E-state index is 11.1. The zero-order chi connectivity index (χ0) is 18.5. The molecule has 1 unspecified atom stereocenters. The first-order valence-electron chi connectivity index (χ1n) is 9.77. The summed E-state index contributed by atoms with van der Waals surface area (Å²) in [5.41, 5.74) is 0. The molecule has 0 bridgehead atoms. The number of hydrogen-bond acceptors (Lipinski definition) is 3. The molecule has 0 radical (unpaired) electrons. The fourth-order valence-corrected chi connectivity index (χ4v) is 4.04. The molecule has 0 rings (SSSR count). The van der Waals surface area contributed by atoms with Crippen molar-refractivity contribution in [3.8, 4) is 0 Å². The molecule has 0 spiro atoms. The third-order valence-electron chi connectivity index (χ3n) is 4.71. The summed E-state index contributed by atoms with van der Waals surface area (Å²) in [5.74, 6) is -0.553. The van der Waals surface area contributed by atoms with Crippen LogP contribution in [0.3, 0.4) is 0 Å². The third kappa shape index (κ3) is 12.2. The van der Waals surface area contributed by atoms with Gasteiger partial charge in [-0.3, -0.25) is 4.55 Å². The number of aliphatic hydroxyl groups excluding tert-OH is 1. The molecular formula is C18H40NO4S+. The molecule has 0 amide bonds. The van der Waals surface area contributed by atoms with Gasteiger partial charge in [0, 0.05) is 0 Å². The molecule has 5 nitrogen and oxygen atoms in total. The summed E-state index contributed by atoms with van der Waals surface area (Å²) in [7, 11) is -4.13. The average molecular weight is 367 g/mol. The van der Waals surface area contributed by atoms with E-state index in [-0.39, 0.29) is 0 Å². The van der Waals surface area contributed by atoms with Crippen molar-refractivity contribution in [2.75, 3.05) is 31.9 Å². The Balaban J connectivity index is 5.02. The van der Waals surface area contributed by atoms with Gasteiger partial charge in [-0.15, -0.1) is 0 Å². The van der Waals surface area contributed by atoms with E-state index in [1.165, 1.54) is 0 Å². The second-order valence-corrected chi connectivity index (χ2v) is 8.72. The third-order valence-corrected chi connectivity index (χ3v) is 5.52. The Morgan fingerprint density at radius 2 is 1.17 bits per heavy atom. The number of nitrogens with zero attached hydrogens (tertiary/aromatic N) is 1. The predicted octanol–water partition coefficient (Wildman–Crippen LogP) is 3.62. The topological polar surface area (TPSA) is 74.6 Å². The highest BCUT2D eigenvalue weighted by Gasteiger charge is 2.31. The zero-order valence-corrected chi connectivity index (χ0v) is 16.9. The van der Waals surface area contributed by atoms with Crippen LogP contribution in [0.15, 0.2) is 0 Å². The van der Waals surface area contributed by atoms with Crippen LogP contribution in [-0.4, -0.2) is 60.6 Å². The first-order chi connectivity index (χ1) is 11.3. The molecule has 0 fully saturated rings. The van der Waals surface area contributed by atoms with Crippen LogP contribution in [0.5, 0.6) is 0 Å². The molecule has 0 aromatic rings. The Bertz CT molecular complexity index is 371. The monoisotopic (exact) mass is 366 g/mol. The minimum atomic E-state index is -4.13. The van der Waals surface area contributed by atoms with Crippen molar-refractivity contribution in [1.29, 1.82) is 0 Å². The van der Waals surface area contributed by atoms with Crippen molar-refractivity contribution in [1.82, 2.24) is 0 Å². The first kappa shape index (κ1) is 23.8. The summed E-state index contributed by atoms with van der Waals surface area (Å²) in [5, 5.41) is 10.2. The highest BCUT2D eigenvalue weighted by Crippen LogP contribution is 2.18. The van der Waals surface area contributed by atoms with Crippen molar-refractivity contribution >= 4 is 10.1 Å². The van der Waals surface area contributed by atoms with Crippen LogP contribution in [0.4, 0.5) is 0 Å². The summed E-state index contributed by atoms with van der Waals surface area (Å²) < 4.78 is 32.0. The average Bonchev–Trinajstić information content (AvgIpc) is 2.46. The summed E-state index contributed by atoms with van der Waals surface area (Å²) in [6.45, 7) is 9.93. The SMILES string of the molecule is CCCCC[N+](CCCCC)(CCCCC)CC(O)CS(=O)(=O)O. The molecule has 6 heteroatoms. The van der Waals surface area contributed by atoms with E-state index < -0.39 is 22.0 Å². The zero-order valence-electron chi connectivity index (χ0n) is 16.0. The largest absolute Gasteiger partial charge is 0.386 e. The van der Waals surface area contributed by atoms with E-state index in [1.54, 1.807) is 0 Å². The van der Waals surface area contributed by atoms with Gasteiger partial charge in [-0.1, -0.05) is 40.0 Å². The molecule has 2 N–H and O–H groups in total. The lowest BCUT2D eigenvalue weighted by Crippen LogP contribution is -2.55. The minimum Gasteiger partial charge on any atom is -0.386 e. The van der Waals surface area contributed by atoms with E-state index in [4.69, 9.17) is 4.55 Å². The first-order valence-corrected chi connectivity index (χ1v) is 11.4. The number of hydrogen-bond donors (Lipinski definition) is 2. The summed E-state index contributed by atoms with van der Waals surface area (Å²) in [6.07, 6.45) is 9.26. The highest BCUT2D eigenvalue weighted by molar-refractivity contribution is 7.85. The van der Waals surface area contributed by atoms with Crippen LogP contribution in [0.2, 0.25) is 0 Å². The van der Waals surface area contributed by atoms with Gasteiger partial charge >= 0.3 is 0 Å². The lowest BCUT2D eigenvalue weighted by molar-refractivity contribution is -0.931. The molecule has 0 aliphatic rings. The Kier molecular flexibility index (Phi) is 13.0. The maximum absolute atomic E-state index is 11.1. The van der Waals surface area contributed by atoms with Crippen molar-refractivity contribution in [2.45, 2.75) is 84.7 Å². The second kappa shape index (κ2) is 13.1. The molecule has 0 heterocycles. The Labute approximate surface area is 149 Å². The lowest BCUT2D eigenvalue weighted by atomic mass is 10.1. The molecule has 1 atom stereocenters. The number of unbranched alkanes of at least 4 members (excludes halogenated alkanes) is 6. The normalized spacial score (nSPS) is 14.0. The Morgan fingerprint density at radius 1 is 0.792 bits per heavy atom. The van der Waals surface area contributed by atoms with E-state index in [0.717, 1.165) is 81.9 Å².